The lowest BCUT2D eigenvalue weighted by Crippen LogP contribution is -2.11. The summed E-state index contributed by atoms with van der Waals surface area (Å²) in [7, 11) is 0. The molecule has 1 saturated heterocycles. The zero-order chi connectivity index (χ0) is 12.3. The van der Waals surface area contributed by atoms with E-state index >= 15 is 0 Å². The first-order chi connectivity index (χ1) is 8.16. The Balaban J connectivity index is 1.94. The van der Waals surface area contributed by atoms with Crippen molar-refractivity contribution in [1.82, 2.24) is 0 Å². The fourth-order valence-corrected chi connectivity index (χ4v) is 1.87. The third-order valence-corrected chi connectivity index (χ3v) is 2.93. The molecular formula is C13H17FO3. The highest BCUT2D eigenvalue weighted by Gasteiger charge is 2.16. The molecule has 1 N–H and O–H groups in total. The van der Waals surface area contributed by atoms with E-state index in [1.165, 1.54) is 13.0 Å². The average molecular weight is 240 g/mol. The van der Waals surface area contributed by atoms with Crippen molar-refractivity contribution in [2.24, 2.45) is 5.92 Å². The van der Waals surface area contributed by atoms with Crippen molar-refractivity contribution in [3.05, 3.63) is 29.6 Å². The Bertz CT molecular complexity index is 373. The smallest absolute Gasteiger partial charge is 0.132 e. The van der Waals surface area contributed by atoms with E-state index in [1.54, 1.807) is 12.1 Å². The second-order valence-electron chi connectivity index (χ2n) is 4.40. The van der Waals surface area contributed by atoms with Gasteiger partial charge in [0.15, 0.2) is 0 Å². The van der Waals surface area contributed by atoms with Crippen LogP contribution in [0.4, 0.5) is 4.39 Å². The van der Waals surface area contributed by atoms with Crippen LogP contribution in [0.5, 0.6) is 5.75 Å². The van der Waals surface area contributed by atoms with Crippen LogP contribution in [0.15, 0.2) is 18.2 Å². The number of hydrogen-bond acceptors (Lipinski definition) is 3. The van der Waals surface area contributed by atoms with Gasteiger partial charge < -0.3 is 14.6 Å². The summed E-state index contributed by atoms with van der Waals surface area (Å²) in [5.41, 5.74) is 0.293. The Kier molecular flexibility index (Phi) is 3.97. The number of benzene rings is 1. The van der Waals surface area contributed by atoms with E-state index in [-0.39, 0.29) is 0 Å². The molecule has 0 radical (unpaired) electrons. The SMILES string of the molecule is C[C@@H](O)c1ccc(OCC2CCOC2)cc1F. The highest BCUT2D eigenvalue weighted by Crippen LogP contribution is 2.22. The fraction of sp³-hybridized carbons (Fsp3) is 0.538. The minimum atomic E-state index is -0.799. The summed E-state index contributed by atoms with van der Waals surface area (Å²) in [6, 6.07) is 4.55. The Labute approximate surface area is 100 Å². The van der Waals surface area contributed by atoms with Crippen LogP contribution >= 0.6 is 0 Å². The second kappa shape index (κ2) is 5.47. The molecule has 0 bridgehead atoms. The van der Waals surface area contributed by atoms with Crippen molar-refractivity contribution >= 4 is 0 Å². The van der Waals surface area contributed by atoms with Crippen LogP contribution in [0.1, 0.15) is 25.0 Å². The van der Waals surface area contributed by atoms with Crippen LogP contribution < -0.4 is 4.74 Å². The zero-order valence-electron chi connectivity index (χ0n) is 9.86. The number of halogens is 1. The van der Waals surface area contributed by atoms with E-state index in [1.807, 2.05) is 0 Å². The number of rotatable bonds is 4. The first-order valence-electron chi connectivity index (χ1n) is 5.85. The van der Waals surface area contributed by atoms with E-state index in [9.17, 15) is 9.50 Å². The van der Waals surface area contributed by atoms with Crippen molar-refractivity contribution in [1.29, 1.82) is 0 Å². The Morgan fingerprint density at radius 2 is 2.41 bits per heavy atom. The molecule has 3 nitrogen and oxygen atoms in total. The summed E-state index contributed by atoms with van der Waals surface area (Å²) in [5, 5.41) is 9.30. The van der Waals surface area contributed by atoms with Crippen LogP contribution in [0, 0.1) is 11.7 Å². The molecule has 0 aromatic heterocycles. The van der Waals surface area contributed by atoms with E-state index in [0.717, 1.165) is 13.0 Å². The number of ether oxygens (including phenoxy) is 2. The highest BCUT2D eigenvalue weighted by molar-refractivity contribution is 5.30. The van der Waals surface area contributed by atoms with Crippen molar-refractivity contribution in [3.8, 4) is 5.75 Å². The van der Waals surface area contributed by atoms with Crippen LogP contribution in [-0.4, -0.2) is 24.9 Å². The standard InChI is InChI=1S/C13H17FO3/c1-9(15)12-3-2-11(6-13(12)14)17-8-10-4-5-16-7-10/h2-3,6,9-10,15H,4-5,7-8H2,1H3/t9-,10?/m1/s1. The van der Waals surface area contributed by atoms with E-state index < -0.39 is 11.9 Å². The number of hydrogen-bond donors (Lipinski definition) is 1. The molecular weight excluding hydrogens is 223 g/mol. The summed E-state index contributed by atoms with van der Waals surface area (Å²) >= 11 is 0. The summed E-state index contributed by atoms with van der Waals surface area (Å²) in [6.07, 6.45) is 0.195. The van der Waals surface area contributed by atoms with Crippen molar-refractivity contribution in [2.45, 2.75) is 19.4 Å². The van der Waals surface area contributed by atoms with Gasteiger partial charge in [0.1, 0.15) is 11.6 Å². The number of aliphatic hydroxyl groups is 1. The lowest BCUT2D eigenvalue weighted by atomic mass is 10.1. The van der Waals surface area contributed by atoms with E-state index in [2.05, 4.69) is 0 Å². The monoisotopic (exact) mass is 240 g/mol. The minimum Gasteiger partial charge on any atom is -0.493 e. The maximum Gasteiger partial charge on any atom is 0.132 e. The molecule has 2 atom stereocenters. The molecule has 1 aliphatic heterocycles. The van der Waals surface area contributed by atoms with Gasteiger partial charge in [0.2, 0.25) is 0 Å². The molecule has 0 amide bonds. The van der Waals surface area contributed by atoms with Crippen LogP contribution in [0.25, 0.3) is 0 Å². The van der Waals surface area contributed by atoms with Crippen LogP contribution in [-0.2, 0) is 4.74 Å². The normalized spacial score (nSPS) is 21.5. The molecule has 2 rings (SSSR count). The zero-order valence-corrected chi connectivity index (χ0v) is 9.86. The molecule has 1 aliphatic rings. The maximum absolute atomic E-state index is 13.5. The van der Waals surface area contributed by atoms with Gasteiger partial charge in [0.25, 0.3) is 0 Å². The molecule has 0 saturated carbocycles. The van der Waals surface area contributed by atoms with Gasteiger partial charge in [-0.2, -0.15) is 0 Å². The summed E-state index contributed by atoms with van der Waals surface area (Å²) < 4.78 is 24.3. The van der Waals surface area contributed by atoms with Gasteiger partial charge in [-0.25, -0.2) is 4.39 Å². The second-order valence-corrected chi connectivity index (χ2v) is 4.40. The first-order valence-corrected chi connectivity index (χ1v) is 5.85. The molecule has 94 valence electrons. The average Bonchev–Trinajstić information content (AvgIpc) is 2.78. The van der Waals surface area contributed by atoms with Crippen LogP contribution in [0.2, 0.25) is 0 Å². The van der Waals surface area contributed by atoms with Gasteiger partial charge in [-0.3, -0.25) is 0 Å². The lowest BCUT2D eigenvalue weighted by molar-refractivity contribution is 0.166. The largest absolute Gasteiger partial charge is 0.493 e. The van der Waals surface area contributed by atoms with Gasteiger partial charge in [-0.05, 0) is 25.5 Å². The third-order valence-electron chi connectivity index (χ3n) is 2.93. The summed E-state index contributed by atoms with van der Waals surface area (Å²) in [5.74, 6) is 0.466. The van der Waals surface area contributed by atoms with E-state index in [4.69, 9.17) is 9.47 Å². The Morgan fingerprint density at radius 1 is 1.59 bits per heavy atom. The molecule has 4 heteroatoms. The van der Waals surface area contributed by atoms with Crippen molar-refractivity contribution in [3.63, 3.8) is 0 Å². The molecule has 1 aromatic rings. The van der Waals surface area contributed by atoms with Gasteiger partial charge >= 0.3 is 0 Å². The molecule has 1 heterocycles. The topological polar surface area (TPSA) is 38.7 Å². The number of aliphatic hydroxyl groups excluding tert-OH is 1. The molecule has 0 aliphatic carbocycles. The first kappa shape index (κ1) is 12.3. The minimum absolute atomic E-state index is 0.293. The van der Waals surface area contributed by atoms with Crippen molar-refractivity contribution in [2.75, 3.05) is 19.8 Å². The Morgan fingerprint density at radius 3 is 3.00 bits per heavy atom. The quantitative estimate of drug-likeness (QED) is 0.877. The van der Waals surface area contributed by atoms with Gasteiger partial charge in [0, 0.05) is 24.2 Å². The lowest BCUT2D eigenvalue weighted by Gasteiger charge is -2.12. The summed E-state index contributed by atoms with van der Waals surface area (Å²) in [6.45, 7) is 3.58. The third kappa shape index (κ3) is 3.17. The molecule has 1 aromatic carbocycles. The molecule has 0 spiro atoms. The maximum atomic E-state index is 13.5. The highest BCUT2D eigenvalue weighted by atomic mass is 19.1. The molecule has 1 fully saturated rings. The Hall–Kier alpha value is -1.13. The molecule has 1 unspecified atom stereocenters. The van der Waals surface area contributed by atoms with Gasteiger partial charge in [-0.15, -0.1) is 0 Å². The van der Waals surface area contributed by atoms with E-state index in [0.29, 0.717) is 30.4 Å². The predicted molar refractivity (Wildman–Crippen MR) is 61.5 cm³/mol. The fourth-order valence-electron chi connectivity index (χ4n) is 1.87. The molecule has 17 heavy (non-hydrogen) atoms. The summed E-state index contributed by atoms with van der Waals surface area (Å²) in [4.78, 5) is 0. The predicted octanol–water partition coefficient (Wildman–Crippen LogP) is 2.29. The van der Waals surface area contributed by atoms with Gasteiger partial charge in [0.05, 0.1) is 19.3 Å². The van der Waals surface area contributed by atoms with Crippen molar-refractivity contribution < 1.29 is 19.0 Å². The van der Waals surface area contributed by atoms with Gasteiger partial charge in [-0.1, -0.05) is 0 Å². The van der Waals surface area contributed by atoms with Crippen LogP contribution in [0.3, 0.4) is 0 Å².